The fourth-order valence-corrected chi connectivity index (χ4v) is 2.68. The van der Waals surface area contributed by atoms with Crippen molar-refractivity contribution in [1.29, 1.82) is 5.26 Å². The zero-order valence-electron chi connectivity index (χ0n) is 9.29. The van der Waals surface area contributed by atoms with Gasteiger partial charge in [0.15, 0.2) is 0 Å². The van der Waals surface area contributed by atoms with E-state index in [-0.39, 0.29) is 12.8 Å². The molecule has 0 saturated heterocycles. The summed E-state index contributed by atoms with van der Waals surface area (Å²) in [6.07, 6.45) is 1.99. The highest BCUT2D eigenvalue weighted by Gasteiger charge is 2.47. The molecule has 2 aliphatic rings. The molecule has 1 heterocycles. The summed E-state index contributed by atoms with van der Waals surface area (Å²) in [5, 5.41) is 9.68. The largest absolute Gasteiger partial charge is 0.247 e. The Bertz CT molecular complexity index is 499. The number of nitriles is 1. The molecule has 3 rings (SSSR count). The van der Waals surface area contributed by atoms with Gasteiger partial charge in [0.2, 0.25) is 0 Å². The van der Waals surface area contributed by atoms with E-state index in [2.05, 4.69) is 11.1 Å². The summed E-state index contributed by atoms with van der Waals surface area (Å²) >= 11 is 5.99. The molecule has 0 bridgehead atoms. The van der Waals surface area contributed by atoms with Crippen LogP contribution in [-0.2, 0) is 5.41 Å². The minimum Gasteiger partial charge on any atom is -0.247 e. The lowest BCUT2D eigenvalue weighted by Crippen LogP contribution is -2.41. The van der Waals surface area contributed by atoms with Crippen LogP contribution in [-0.4, -0.2) is 11.2 Å². The topological polar surface area (TPSA) is 36.7 Å². The summed E-state index contributed by atoms with van der Waals surface area (Å²) in [6.45, 7) is 0. The van der Waals surface area contributed by atoms with E-state index in [0.717, 1.165) is 24.1 Å². The van der Waals surface area contributed by atoms with Gasteiger partial charge < -0.3 is 0 Å². The monoisotopic (exact) mass is 250 g/mol. The normalized spacial score (nSPS) is 31.7. The standard InChI is InChI=1S/C13H12ClFN2/c14-12-4-9(3-11(17-12)8-1-2-8)13(7-16)5-10(15)6-13/h3-4,8,10H,1-2,5-6H2. The van der Waals surface area contributed by atoms with Gasteiger partial charge in [-0.25, -0.2) is 9.37 Å². The van der Waals surface area contributed by atoms with Crippen molar-refractivity contribution in [1.82, 2.24) is 4.98 Å². The molecule has 0 aliphatic heterocycles. The maximum Gasteiger partial charge on any atom is 0.129 e. The van der Waals surface area contributed by atoms with E-state index in [0.29, 0.717) is 11.1 Å². The second-order valence-electron chi connectivity index (χ2n) is 5.08. The minimum absolute atomic E-state index is 0.286. The molecule has 0 aromatic carbocycles. The lowest BCUT2D eigenvalue weighted by molar-refractivity contribution is 0.134. The van der Waals surface area contributed by atoms with Crippen LogP contribution in [0, 0.1) is 11.3 Å². The van der Waals surface area contributed by atoms with Crippen LogP contribution in [0.25, 0.3) is 0 Å². The SMILES string of the molecule is N#CC1(c2cc(Cl)nc(C3CC3)c2)CC(F)C1. The molecule has 0 radical (unpaired) electrons. The quantitative estimate of drug-likeness (QED) is 0.753. The first-order chi connectivity index (χ1) is 8.13. The van der Waals surface area contributed by atoms with Crippen LogP contribution >= 0.6 is 11.6 Å². The Balaban J connectivity index is 1.99. The molecule has 1 aromatic heterocycles. The molecular formula is C13H12ClFN2. The first-order valence-electron chi connectivity index (χ1n) is 5.86. The van der Waals surface area contributed by atoms with Gasteiger partial charge in [-0.2, -0.15) is 5.26 Å². The smallest absolute Gasteiger partial charge is 0.129 e. The Morgan fingerprint density at radius 2 is 2.12 bits per heavy atom. The lowest BCUT2D eigenvalue weighted by Gasteiger charge is -2.38. The van der Waals surface area contributed by atoms with Gasteiger partial charge in [0.25, 0.3) is 0 Å². The summed E-state index contributed by atoms with van der Waals surface area (Å²) < 4.78 is 13.1. The fourth-order valence-electron chi connectivity index (χ4n) is 2.47. The van der Waals surface area contributed by atoms with E-state index >= 15 is 0 Å². The second-order valence-corrected chi connectivity index (χ2v) is 5.46. The van der Waals surface area contributed by atoms with Gasteiger partial charge in [0.05, 0.1) is 11.5 Å². The predicted octanol–water partition coefficient (Wildman–Crippen LogP) is 3.51. The van der Waals surface area contributed by atoms with Gasteiger partial charge in [-0.15, -0.1) is 0 Å². The fraction of sp³-hybridized carbons (Fsp3) is 0.538. The Morgan fingerprint density at radius 1 is 1.41 bits per heavy atom. The summed E-state index contributed by atoms with van der Waals surface area (Å²) in [4.78, 5) is 4.28. The minimum atomic E-state index is -0.856. The molecule has 4 heteroatoms. The van der Waals surface area contributed by atoms with Crippen molar-refractivity contribution in [2.75, 3.05) is 0 Å². The third kappa shape index (κ3) is 1.81. The first-order valence-corrected chi connectivity index (χ1v) is 6.24. The van der Waals surface area contributed by atoms with Crippen LogP contribution in [0.15, 0.2) is 12.1 Å². The summed E-state index contributed by atoms with van der Waals surface area (Å²) in [6, 6.07) is 5.90. The number of hydrogen-bond donors (Lipinski definition) is 0. The van der Waals surface area contributed by atoms with E-state index in [1.807, 2.05) is 6.07 Å². The predicted molar refractivity (Wildman–Crippen MR) is 62.6 cm³/mol. The van der Waals surface area contributed by atoms with Gasteiger partial charge in [-0.05, 0) is 30.5 Å². The van der Waals surface area contributed by atoms with Crippen molar-refractivity contribution in [3.63, 3.8) is 0 Å². The first kappa shape index (κ1) is 11.0. The van der Waals surface area contributed by atoms with Crippen molar-refractivity contribution >= 4 is 11.6 Å². The average molecular weight is 251 g/mol. The number of aromatic nitrogens is 1. The summed E-state index contributed by atoms with van der Waals surface area (Å²) in [5.74, 6) is 0.490. The molecule has 2 nitrogen and oxygen atoms in total. The van der Waals surface area contributed by atoms with Crippen molar-refractivity contribution in [3.8, 4) is 6.07 Å². The van der Waals surface area contributed by atoms with Gasteiger partial charge in [-0.1, -0.05) is 11.6 Å². The zero-order valence-corrected chi connectivity index (χ0v) is 10.0. The molecule has 17 heavy (non-hydrogen) atoms. The molecule has 0 amide bonds. The maximum atomic E-state index is 13.1. The van der Waals surface area contributed by atoms with E-state index in [9.17, 15) is 9.65 Å². The van der Waals surface area contributed by atoms with E-state index in [1.165, 1.54) is 0 Å². The third-order valence-electron chi connectivity index (χ3n) is 3.72. The van der Waals surface area contributed by atoms with Gasteiger partial charge >= 0.3 is 0 Å². The molecule has 88 valence electrons. The average Bonchev–Trinajstić information content (AvgIpc) is 3.07. The lowest BCUT2D eigenvalue weighted by atomic mass is 9.64. The molecule has 1 aromatic rings. The highest BCUT2D eigenvalue weighted by molar-refractivity contribution is 6.29. The Morgan fingerprint density at radius 3 is 2.65 bits per heavy atom. The van der Waals surface area contributed by atoms with Gasteiger partial charge in [0, 0.05) is 24.5 Å². The zero-order chi connectivity index (χ0) is 12.0. The van der Waals surface area contributed by atoms with E-state index in [1.54, 1.807) is 6.07 Å². The Kier molecular flexibility index (Phi) is 2.38. The molecule has 2 aliphatic carbocycles. The number of rotatable bonds is 2. The van der Waals surface area contributed by atoms with Crippen LogP contribution in [0.1, 0.15) is 42.9 Å². The maximum absolute atomic E-state index is 13.1. The molecule has 0 spiro atoms. The number of halogens is 2. The highest BCUT2D eigenvalue weighted by Crippen LogP contribution is 2.47. The molecule has 2 saturated carbocycles. The van der Waals surface area contributed by atoms with Gasteiger partial charge in [-0.3, -0.25) is 0 Å². The second kappa shape index (κ2) is 3.68. The number of pyridine rings is 1. The summed E-state index contributed by atoms with van der Waals surface area (Å²) in [5.41, 5.74) is 1.13. The van der Waals surface area contributed by atoms with Crippen LogP contribution in [0.4, 0.5) is 4.39 Å². The van der Waals surface area contributed by atoms with Crippen molar-refractivity contribution in [2.45, 2.75) is 43.2 Å². The third-order valence-corrected chi connectivity index (χ3v) is 3.91. The van der Waals surface area contributed by atoms with Crippen molar-refractivity contribution < 1.29 is 4.39 Å². The van der Waals surface area contributed by atoms with Crippen molar-refractivity contribution in [2.24, 2.45) is 0 Å². The highest BCUT2D eigenvalue weighted by atomic mass is 35.5. The van der Waals surface area contributed by atoms with Crippen LogP contribution in [0.5, 0.6) is 0 Å². The Hall–Kier alpha value is -1.14. The van der Waals surface area contributed by atoms with Gasteiger partial charge in [0.1, 0.15) is 11.3 Å². The molecule has 2 fully saturated rings. The number of nitrogens with zero attached hydrogens (tertiary/aromatic N) is 2. The number of alkyl halides is 1. The number of hydrogen-bond acceptors (Lipinski definition) is 2. The molecular weight excluding hydrogens is 239 g/mol. The van der Waals surface area contributed by atoms with E-state index in [4.69, 9.17) is 11.6 Å². The summed E-state index contributed by atoms with van der Waals surface area (Å²) in [7, 11) is 0. The molecule has 0 N–H and O–H groups in total. The van der Waals surface area contributed by atoms with E-state index < -0.39 is 11.6 Å². The van der Waals surface area contributed by atoms with Crippen LogP contribution < -0.4 is 0 Å². The molecule has 0 atom stereocenters. The Labute approximate surface area is 104 Å². The van der Waals surface area contributed by atoms with Crippen molar-refractivity contribution in [3.05, 3.63) is 28.5 Å². The van der Waals surface area contributed by atoms with Crippen LogP contribution in [0.3, 0.4) is 0 Å². The van der Waals surface area contributed by atoms with Crippen LogP contribution in [0.2, 0.25) is 5.15 Å². The molecule has 0 unspecified atom stereocenters.